The Morgan fingerprint density at radius 1 is 1.27 bits per heavy atom. The molecule has 0 aliphatic carbocycles. The van der Waals surface area contributed by atoms with E-state index in [2.05, 4.69) is 5.10 Å². The smallest absolute Gasteiger partial charge is 0.275 e. The van der Waals surface area contributed by atoms with E-state index < -0.39 is 24.8 Å². The molecule has 1 aromatic heterocycles. The van der Waals surface area contributed by atoms with Gasteiger partial charge in [-0.25, -0.2) is 4.79 Å². The third-order valence-corrected chi connectivity index (χ3v) is 3.12. The molecule has 0 spiro atoms. The van der Waals surface area contributed by atoms with Gasteiger partial charge in [0.15, 0.2) is 5.82 Å². The number of hydrogen-bond donors (Lipinski definition) is 0. The topological polar surface area (TPSA) is 63.6 Å². The Labute approximate surface area is 128 Å². The molecule has 0 aliphatic heterocycles. The largest absolute Gasteiger partial charge is 0.390 e. The molecule has 22 heavy (non-hydrogen) atoms. The first-order valence-corrected chi connectivity index (χ1v) is 6.57. The van der Waals surface area contributed by atoms with Gasteiger partial charge in [0.05, 0.1) is 12.5 Å². The first kappa shape index (κ1) is 16.1. The van der Waals surface area contributed by atoms with Crippen molar-refractivity contribution < 1.29 is 13.2 Å². The van der Waals surface area contributed by atoms with Crippen molar-refractivity contribution in [3.05, 3.63) is 39.8 Å². The summed E-state index contributed by atoms with van der Waals surface area (Å²) in [6.07, 6.45) is -5.56. The minimum Gasteiger partial charge on any atom is -0.275 e. The number of nitriles is 1. The molecule has 0 saturated heterocycles. The van der Waals surface area contributed by atoms with Crippen LogP contribution in [0.25, 0.3) is 11.4 Å². The number of alkyl halides is 3. The molecule has 0 atom stereocenters. The Bertz CT molecular complexity index is 756. The van der Waals surface area contributed by atoms with Crippen molar-refractivity contribution in [1.29, 1.82) is 5.26 Å². The summed E-state index contributed by atoms with van der Waals surface area (Å²) in [5, 5.41) is 13.0. The molecule has 2 rings (SSSR count). The Hall–Kier alpha value is -2.27. The van der Waals surface area contributed by atoms with E-state index in [1.54, 1.807) is 30.3 Å². The predicted octanol–water partition coefficient (Wildman–Crippen LogP) is 2.84. The first-order chi connectivity index (χ1) is 10.3. The number of benzene rings is 1. The molecule has 0 fully saturated rings. The van der Waals surface area contributed by atoms with Gasteiger partial charge in [-0.3, -0.25) is 4.57 Å². The van der Waals surface area contributed by atoms with Crippen LogP contribution in [0.4, 0.5) is 13.2 Å². The lowest BCUT2D eigenvalue weighted by Gasteiger charge is -2.08. The van der Waals surface area contributed by atoms with E-state index in [0.29, 0.717) is 10.6 Å². The lowest BCUT2D eigenvalue weighted by atomic mass is 10.2. The van der Waals surface area contributed by atoms with Gasteiger partial charge in [-0.1, -0.05) is 11.6 Å². The molecule has 116 valence electrons. The van der Waals surface area contributed by atoms with Crippen LogP contribution >= 0.6 is 11.6 Å². The highest BCUT2D eigenvalue weighted by atomic mass is 35.5. The van der Waals surface area contributed by atoms with Crippen LogP contribution in [0, 0.1) is 11.3 Å². The zero-order valence-corrected chi connectivity index (χ0v) is 11.9. The van der Waals surface area contributed by atoms with E-state index in [9.17, 15) is 18.0 Å². The predicted molar refractivity (Wildman–Crippen MR) is 73.2 cm³/mol. The number of nitrogens with zero attached hydrogens (tertiary/aromatic N) is 4. The highest BCUT2D eigenvalue weighted by Crippen LogP contribution is 2.23. The molecule has 5 nitrogen and oxygen atoms in total. The average Bonchev–Trinajstić information content (AvgIpc) is 2.74. The van der Waals surface area contributed by atoms with E-state index in [-0.39, 0.29) is 12.4 Å². The van der Waals surface area contributed by atoms with Gasteiger partial charge >= 0.3 is 11.9 Å². The Balaban J connectivity index is 2.47. The summed E-state index contributed by atoms with van der Waals surface area (Å²) in [6.45, 7) is -0.899. The zero-order chi connectivity index (χ0) is 16.3. The van der Waals surface area contributed by atoms with E-state index in [4.69, 9.17) is 16.9 Å². The molecule has 2 aromatic rings. The van der Waals surface area contributed by atoms with Gasteiger partial charge in [-0.05, 0) is 24.3 Å². The minimum atomic E-state index is -4.39. The maximum absolute atomic E-state index is 12.4. The molecule has 0 unspecified atom stereocenters. The van der Waals surface area contributed by atoms with Crippen LogP contribution in [0.2, 0.25) is 5.02 Å². The van der Waals surface area contributed by atoms with Crippen molar-refractivity contribution in [2.24, 2.45) is 0 Å². The Kier molecular flexibility index (Phi) is 4.56. The highest BCUT2D eigenvalue weighted by molar-refractivity contribution is 6.30. The van der Waals surface area contributed by atoms with Gasteiger partial charge in [0.25, 0.3) is 0 Å². The van der Waals surface area contributed by atoms with E-state index in [1.165, 1.54) is 0 Å². The summed E-state index contributed by atoms with van der Waals surface area (Å²) in [5.41, 5.74) is -0.309. The summed E-state index contributed by atoms with van der Waals surface area (Å²) in [6, 6.07) is 7.92. The van der Waals surface area contributed by atoms with E-state index in [0.717, 1.165) is 9.25 Å². The van der Waals surface area contributed by atoms with Crippen molar-refractivity contribution in [2.45, 2.75) is 25.7 Å². The SMILES string of the molecule is N#CCn1nc(-c2ccc(Cl)cc2)n(CCC(F)(F)F)c1=O. The zero-order valence-electron chi connectivity index (χ0n) is 11.1. The molecule has 1 heterocycles. The molecule has 0 radical (unpaired) electrons. The highest BCUT2D eigenvalue weighted by Gasteiger charge is 2.28. The lowest BCUT2D eigenvalue weighted by molar-refractivity contribution is -0.136. The molecule has 9 heteroatoms. The van der Waals surface area contributed by atoms with Crippen LogP contribution in [0.3, 0.4) is 0 Å². The second kappa shape index (κ2) is 6.23. The molecule has 0 amide bonds. The van der Waals surface area contributed by atoms with Crippen molar-refractivity contribution in [2.75, 3.05) is 0 Å². The first-order valence-electron chi connectivity index (χ1n) is 6.19. The summed E-state index contributed by atoms with van der Waals surface area (Å²) in [5.74, 6) is 0.0705. The molecule has 0 aliphatic rings. The van der Waals surface area contributed by atoms with Crippen LogP contribution in [0.1, 0.15) is 6.42 Å². The molecule has 1 aromatic carbocycles. The van der Waals surface area contributed by atoms with Gasteiger partial charge in [0.1, 0.15) is 6.54 Å². The molecule has 0 bridgehead atoms. The second-order valence-corrected chi connectivity index (χ2v) is 4.88. The fourth-order valence-electron chi connectivity index (χ4n) is 1.86. The van der Waals surface area contributed by atoms with Crippen molar-refractivity contribution >= 4 is 11.6 Å². The lowest BCUT2D eigenvalue weighted by Crippen LogP contribution is -2.26. The van der Waals surface area contributed by atoms with Crippen LogP contribution in [0.5, 0.6) is 0 Å². The minimum absolute atomic E-state index is 0.0705. The summed E-state index contributed by atoms with van der Waals surface area (Å²) >= 11 is 5.76. The fourth-order valence-corrected chi connectivity index (χ4v) is 1.99. The summed E-state index contributed by atoms with van der Waals surface area (Å²) < 4.78 is 39.0. The van der Waals surface area contributed by atoms with Gasteiger partial charge in [0.2, 0.25) is 0 Å². The van der Waals surface area contributed by atoms with Gasteiger partial charge < -0.3 is 0 Å². The monoisotopic (exact) mass is 330 g/mol. The number of rotatable bonds is 4. The summed E-state index contributed by atoms with van der Waals surface area (Å²) in [4.78, 5) is 12.1. The van der Waals surface area contributed by atoms with Crippen LogP contribution in [-0.4, -0.2) is 20.5 Å². The van der Waals surface area contributed by atoms with Gasteiger partial charge in [-0.2, -0.15) is 23.1 Å². The maximum atomic E-state index is 12.4. The number of halogens is 4. The Morgan fingerprint density at radius 2 is 1.91 bits per heavy atom. The standard InChI is InChI=1S/C13H10ClF3N4O/c14-10-3-1-9(2-4-10)11-19-21(8-6-18)12(22)20(11)7-5-13(15,16)17/h1-4H,5,7-8H2. The molecular weight excluding hydrogens is 321 g/mol. The third-order valence-electron chi connectivity index (χ3n) is 2.86. The molecule has 0 N–H and O–H groups in total. The number of aromatic nitrogens is 3. The average molecular weight is 331 g/mol. The quantitative estimate of drug-likeness (QED) is 0.866. The normalized spacial score (nSPS) is 11.4. The van der Waals surface area contributed by atoms with Gasteiger partial charge in [0, 0.05) is 17.1 Å². The van der Waals surface area contributed by atoms with Gasteiger partial charge in [-0.15, -0.1) is 5.10 Å². The molecular formula is C13H10ClF3N4O. The maximum Gasteiger partial charge on any atom is 0.390 e. The van der Waals surface area contributed by atoms with Crippen LogP contribution < -0.4 is 5.69 Å². The van der Waals surface area contributed by atoms with Crippen molar-refractivity contribution in [3.8, 4) is 17.5 Å². The van der Waals surface area contributed by atoms with E-state index in [1.807, 2.05) is 0 Å². The van der Waals surface area contributed by atoms with E-state index >= 15 is 0 Å². The third kappa shape index (κ3) is 3.68. The Morgan fingerprint density at radius 3 is 2.45 bits per heavy atom. The number of hydrogen-bond acceptors (Lipinski definition) is 3. The van der Waals surface area contributed by atoms with Crippen molar-refractivity contribution in [1.82, 2.24) is 14.3 Å². The van der Waals surface area contributed by atoms with Crippen molar-refractivity contribution in [3.63, 3.8) is 0 Å². The van der Waals surface area contributed by atoms with Crippen LogP contribution in [0.15, 0.2) is 29.1 Å². The second-order valence-electron chi connectivity index (χ2n) is 4.45. The molecule has 0 saturated carbocycles. The van der Waals surface area contributed by atoms with Crippen LogP contribution in [-0.2, 0) is 13.1 Å². The summed E-state index contributed by atoms with van der Waals surface area (Å²) in [7, 11) is 0. The fraction of sp³-hybridized carbons (Fsp3) is 0.308.